The highest BCUT2D eigenvalue weighted by molar-refractivity contribution is 7.80. The first-order chi connectivity index (χ1) is 15.6. The number of fused-ring (bicyclic) bond motifs is 1. The summed E-state index contributed by atoms with van der Waals surface area (Å²) < 4.78 is 11.2. The molecule has 3 aromatic carbocycles. The number of hydrogen-bond donors (Lipinski definition) is 3. The third kappa shape index (κ3) is 6.68. The van der Waals surface area contributed by atoms with Crippen molar-refractivity contribution in [2.24, 2.45) is 0 Å². The van der Waals surface area contributed by atoms with Gasteiger partial charge in [-0.3, -0.25) is 25.8 Å². The molecule has 0 unspecified atom stereocenters. The molecule has 0 heterocycles. The van der Waals surface area contributed by atoms with Gasteiger partial charge < -0.3 is 9.47 Å². The summed E-state index contributed by atoms with van der Waals surface area (Å²) in [4.78, 5) is 24.6. The molecular weight excluding hydrogens is 426 g/mol. The molecule has 0 saturated heterocycles. The molecule has 0 atom stereocenters. The lowest BCUT2D eigenvalue weighted by Gasteiger charge is -2.13. The van der Waals surface area contributed by atoms with E-state index in [1.54, 1.807) is 30.3 Å². The van der Waals surface area contributed by atoms with Crippen LogP contribution < -0.4 is 25.6 Å². The number of hydrazine groups is 1. The van der Waals surface area contributed by atoms with Gasteiger partial charge in [0.25, 0.3) is 11.8 Å². The van der Waals surface area contributed by atoms with Crippen LogP contribution in [0.25, 0.3) is 10.8 Å². The molecule has 0 aliphatic heterocycles. The fourth-order valence-electron chi connectivity index (χ4n) is 2.88. The second-order valence-corrected chi connectivity index (χ2v) is 7.36. The molecule has 7 nitrogen and oxygen atoms in total. The SMILES string of the molecule is CCCCOc1ccccc1C(=O)NC(=S)NNC(=O)COc1ccc2ccccc2c1. The maximum absolute atomic E-state index is 12.5. The van der Waals surface area contributed by atoms with Gasteiger partial charge in [0.1, 0.15) is 11.5 Å². The van der Waals surface area contributed by atoms with Crippen LogP contribution in [0.2, 0.25) is 0 Å². The smallest absolute Gasteiger partial charge is 0.276 e. The number of rotatable bonds is 8. The van der Waals surface area contributed by atoms with Gasteiger partial charge in [-0.1, -0.05) is 55.8 Å². The zero-order chi connectivity index (χ0) is 22.8. The molecule has 3 rings (SSSR count). The highest BCUT2D eigenvalue weighted by atomic mass is 32.1. The van der Waals surface area contributed by atoms with Gasteiger partial charge >= 0.3 is 0 Å². The topological polar surface area (TPSA) is 88.7 Å². The van der Waals surface area contributed by atoms with Gasteiger partial charge in [-0.15, -0.1) is 0 Å². The van der Waals surface area contributed by atoms with Gasteiger partial charge in [-0.2, -0.15) is 0 Å². The molecule has 2 amide bonds. The molecule has 0 aliphatic rings. The van der Waals surface area contributed by atoms with E-state index < -0.39 is 11.8 Å². The summed E-state index contributed by atoms with van der Waals surface area (Å²) in [6.45, 7) is 2.37. The molecule has 8 heteroatoms. The summed E-state index contributed by atoms with van der Waals surface area (Å²) in [5.41, 5.74) is 5.26. The summed E-state index contributed by atoms with van der Waals surface area (Å²) >= 11 is 5.09. The lowest BCUT2D eigenvalue weighted by molar-refractivity contribution is -0.123. The van der Waals surface area contributed by atoms with Gasteiger partial charge in [0, 0.05) is 0 Å². The Balaban J connectivity index is 1.45. The predicted octanol–water partition coefficient (Wildman–Crippen LogP) is 3.73. The number of hydrogen-bond acceptors (Lipinski definition) is 5. The van der Waals surface area contributed by atoms with Crippen molar-refractivity contribution in [1.82, 2.24) is 16.2 Å². The Hall–Kier alpha value is -3.65. The van der Waals surface area contributed by atoms with Crippen LogP contribution in [-0.2, 0) is 4.79 Å². The summed E-state index contributed by atoms with van der Waals surface area (Å²) in [7, 11) is 0. The molecular formula is C24H25N3O4S. The first-order valence-electron chi connectivity index (χ1n) is 10.3. The van der Waals surface area contributed by atoms with Crippen LogP contribution >= 0.6 is 12.2 Å². The minimum atomic E-state index is -0.446. The minimum absolute atomic E-state index is 0.0441. The average molecular weight is 452 g/mol. The van der Waals surface area contributed by atoms with Crippen LogP contribution in [0.15, 0.2) is 66.7 Å². The lowest BCUT2D eigenvalue weighted by atomic mass is 10.1. The number of unbranched alkanes of at least 4 members (excludes halogenated alkanes) is 1. The highest BCUT2D eigenvalue weighted by Crippen LogP contribution is 2.20. The van der Waals surface area contributed by atoms with Crippen molar-refractivity contribution in [2.45, 2.75) is 19.8 Å². The zero-order valence-electron chi connectivity index (χ0n) is 17.7. The molecule has 0 fully saturated rings. The number of ether oxygens (including phenoxy) is 2. The summed E-state index contributed by atoms with van der Waals surface area (Å²) in [6.07, 6.45) is 1.88. The fraction of sp³-hybridized carbons (Fsp3) is 0.208. The number of benzene rings is 3. The van der Waals surface area contributed by atoms with Crippen LogP contribution in [0.5, 0.6) is 11.5 Å². The van der Waals surface area contributed by atoms with E-state index in [4.69, 9.17) is 21.7 Å². The van der Waals surface area contributed by atoms with Gasteiger partial charge in [0.05, 0.1) is 12.2 Å². The maximum Gasteiger partial charge on any atom is 0.276 e. The Kier molecular flexibility index (Phi) is 8.39. The zero-order valence-corrected chi connectivity index (χ0v) is 18.5. The molecule has 0 aromatic heterocycles. The molecule has 32 heavy (non-hydrogen) atoms. The van der Waals surface area contributed by atoms with Crippen molar-refractivity contribution in [3.8, 4) is 11.5 Å². The van der Waals surface area contributed by atoms with E-state index in [-0.39, 0.29) is 11.7 Å². The van der Waals surface area contributed by atoms with Crippen LogP contribution in [0.1, 0.15) is 30.1 Å². The minimum Gasteiger partial charge on any atom is -0.493 e. The number of amides is 2. The van der Waals surface area contributed by atoms with Crippen molar-refractivity contribution < 1.29 is 19.1 Å². The van der Waals surface area contributed by atoms with Gasteiger partial charge in [0.2, 0.25) is 0 Å². The normalized spacial score (nSPS) is 10.3. The van der Waals surface area contributed by atoms with E-state index in [0.29, 0.717) is 23.7 Å². The van der Waals surface area contributed by atoms with Crippen molar-refractivity contribution in [3.63, 3.8) is 0 Å². The molecule has 0 radical (unpaired) electrons. The van der Waals surface area contributed by atoms with E-state index in [1.807, 2.05) is 36.4 Å². The molecule has 3 N–H and O–H groups in total. The molecule has 3 aromatic rings. The third-order valence-electron chi connectivity index (χ3n) is 4.52. The largest absolute Gasteiger partial charge is 0.493 e. The van der Waals surface area contributed by atoms with E-state index in [9.17, 15) is 9.59 Å². The van der Waals surface area contributed by atoms with Crippen molar-refractivity contribution >= 4 is 39.9 Å². The Bertz CT molecular complexity index is 1100. The first kappa shape index (κ1) is 23.0. The molecule has 0 saturated carbocycles. The number of carbonyl (C=O) groups is 2. The van der Waals surface area contributed by atoms with Crippen molar-refractivity contribution in [2.75, 3.05) is 13.2 Å². The third-order valence-corrected chi connectivity index (χ3v) is 4.72. The number of para-hydroxylation sites is 1. The van der Waals surface area contributed by atoms with Gasteiger partial charge in [-0.25, -0.2) is 0 Å². The second-order valence-electron chi connectivity index (χ2n) is 6.95. The van der Waals surface area contributed by atoms with Crippen molar-refractivity contribution in [1.29, 1.82) is 0 Å². The molecule has 166 valence electrons. The fourth-order valence-corrected chi connectivity index (χ4v) is 3.02. The van der Waals surface area contributed by atoms with Gasteiger partial charge in [-0.05, 0) is 53.7 Å². The maximum atomic E-state index is 12.5. The summed E-state index contributed by atoms with van der Waals surface area (Å²) in [5.74, 6) is 0.179. The Morgan fingerprint density at radius 1 is 0.906 bits per heavy atom. The van der Waals surface area contributed by atoms with Crippen LogP contribution in [0.3, 0.4) is 0 Å². The Labute approximate surface area is 192 Å². The van der Waals surface area contributed by atoms with E-state index in [0.717, 1.165) is 23.6 Å². The summed E-state index contributed by atoms with van der Waals surface area (Å²) in [6, 6.07) is 20.4. The number of thiocarbonyl (C=S) groups is 1. The van der Waals surface area contributed by atoms with Crippen molar-refractivity contribution in [3.05, 3.63) is 72.3 Å². The van der Waals surface area contributed by atoms with E-state index >= 15 is 0 Å². The summed E-state index contributed by atoms with van der Waals surface area (Å²) in [5, 5.41) is 4.59. The van der Waals surface area contributed by atoms with Gasteiger partial charge in [0.15, 0.2) is 11.7 Å². The monoisotopic (exact) mass is 451 g/mol. The number of carbonyl (C=O) groups excluding carboxylic acids is 2. The number of nitrogens with one attached hydrogen (secondary N) is 3. The van der Waals surface area contributed by atoms with Crippen LogP contribution in [0, 0.1) is 0 Å². The molecule has 0 bridgehead atoms. The lowest BCUT2D eigenvalue weighted by Crippen LogP contribution is -2.49. The molecule has 0 aliphatic carbocycles. The molecule has 0 spiro atoms. The van der Waals surface area contributed by atoms with Crippen LogP contribution in [0.4, 0.5) is 0 Å². The predicted molar refractivity (Wildman–Crippen MR) is 128 cm³/mol. The first-order valence-corrected chi connectivity index (χ1v) is 10.7. The quantitative estimate of drug-likeness (QED) is 0.275. The Morgan fingerprint density at radius 3 is 2.47 bits per heavy atom. The van der Waals surface area contributed by atoms with E-state index in [2.05, 4.69) is 23.1 Å². The van der Waals surface area contributed by atoms with Crippen LogP contribution in [-0.4, -0.2) is 30.1 Å². The Morgan fingerprint density at radius 2 is 1.66 bits per heavy atom. The second kappa shape index (κ2) is 11.7. The standard InChI is InChI=1S/C24H25N3O4S/c1-2-3-14-30-21-11-7-6-10-20(21)23(29)25-24(32)27-26-22(28)16-31-19-13-12-17-8-4-5-9-18(17)15-19/h4-13,15H,2-3,14,16H2,1H3,(H,26,28)(H2,25,27,29,32). The van der Waals surface area contributed by atoms with E-state index in [1.165, 1.54) is 0 Å². The highest BCUT2D eigenvalue weighted by Gasteiger charge is 2.14. The average Bonchev–Trinajstić information content (AvgIpc) is 2.81.